The molecule has 0 radical (unpaired) electrons. The van der Waals surface area contributed by atoms with Crippen LogP contribution in [0.3, 0.4) is 0 Å². The molecule has 1 heterocycles. The molecule has 2 nitrogen and oxygen atoms in total. The summed E-state index contributed by atoms with van der Waals surface area (Å²) in [6, 6.07) is 11.9. The monoisotopic (exact) mass is 319 g/mol. The molecule has 0 bridgehead atoms. The van der Waals surface area contributed by atoms with E-state index in [1.165, 1.54) is 12.1 Å². The number of H-pyrrole nitrogens is 1. The molecule has 96 valence electrons. The van der Waals surface area contributed by atoms with Gasteiger partial charge in [0.05, 0.1) is 0 Å². The first-order chi connectivity index (χ1) is 9.15. The number of aliphatic hydroxyl groups excluding tert-OH is 1. The summed E-state index contributed by atoms with van der Waals surface area (Å²) in [4.78, 5) is 3.10. The van der Waals surface area contributed by atoms with Gasteiger partial charge in [-0.05, 0) is 47.3 Å². The molecule has 0 spiro atoms. The van der Waals surface area contributed by atoms with Gasteiger partial charge in [-0.25, -0.2) is 4.39 Å². The first-order valence-electron chi connectivity index (χ1n) is 5.85. The molecule has 1 atom stereocenters. The molecule has 3 aromatic rings. The molecule has 1 aromatic heterocycles. The van der Waals surface area contributed by atoms with Gasteiger partial charge < -0.3 is 10.1 Å². The van der Waals surface area contributed by atoms with Gasteiger partial charge in [0.1, 0.15) is 11.9 Å². The normalized spacial score (nSPS) is 12.8. The van der Waals surface area contributed by atoms with Crippen LogP contribution >= 0.6 is 15.9 Å². The smallest absolute Gasteiger partial charge is 0.123 e. The minimum atomic E-state index is -0.857. The fraction of sp³-hybridized carbons (Fsp3) is 0.0667. The number of aliphatic hydroxyl groups is 1. The van der Waals surface area contributed by atoms with Crippen molar-refractivity contribution in [2.24, 2.45) is 0 Å². The highest BCUT2D eigenvalue weighted by atomic mass is 79.9. The van der Waals surface area contributed by atoms with E-state index in [4.69, 9.17) is 0 Å². The molecule has 0 saturated carbocycles. The molecule has 2 N–H and O–H groups in total. The van der Waals surface area contributed by atoms with Crippen molar-refractivity contribution < 1.29 is 9.50 Å². The summed E-state index contributed by atoms with van der Waals surface area (Å²) >= 11 is 3.34. The Bertz CT molecular complexity index is 738. The second kappa shape index (κ2) is 4.79. The number of halogens is 2. The van der Waals surface area contributed by atoms with Gasteiger partial charge in [-0.1, -0.05) is 22.0 Å². The topological polar surface area (TPSA) is 36.0 Å². The highest BCUT2D eigenvalue weighted by molar-refractivity contribution is 9.10. The summed E-state index contributed by atoms with van der Waals surface area (Å²) in [6.45, 7) is 0. The summed E-state index contributed by atoms with van der Waals surface area (Å²) in [6.07, 6.45) is 0.989. The Balaban J connectivity index is 2.07. The van der Waals surface area contributed by atoms with E-state index in [2.05, 4.69) is 20.9 Å². The summed E-state index contributed by atoms with van der Waals surface area (Å²) in [7, 11) is 0. The zero-order chi connectivity index (χ0) is 13.4. The second-order valence-corrected chi connectivity index (χ2v) is 5.25. The maximum Gasteiger partial charge on any atom is 0.123 e. The first kappa shape index (κ1) is 12.4. The van der Waals surface area contributed by atoms with Crippen molar-refractivity contribution in [1.82, 2.24) is 4.98 Å². The molecule has 1 unspecified atom stereocenters. The third kappa shape index (κ3) is 2.29. The molecular formula is C15H11BrFNO. The molecule has 2 aromatic carbocycles. The van der Waals surface area contributed by atoms with Crippen molar-refractivity contribution in [3.05, 3.63) is 70.1 Å². The van der Waals surface area contributed by atoms with E-state index < -0.39 is 6.10 Å². The quantitative estimate of drug-likeness (QED) is 0.731. The molecule has 0 aliphatic heterocycles. The van der Waals surface area contributed by atoms with Crippen molar-refractivity contribution in [2.75, 3.05) is 0 Å². The van der Waals surface area contributed by atoms with Gasteiger partial charge in [0.2, 0.25) is 0 Å². The van der Waals surface area contributed by atoms with E-state index in [1.54, 1.807) is 6.07 Å². The van der Waals surface area contributed by atoms with Crippen LogP contribution in [0.1, 0.15) is 17.2 Å². The number of aromatic amines is 1. The van der Waals surface area contributed by atoms with E-state index in [-0.39, 0.29) is 5.82 Å². The van der Waals surface area contributed by atoms with Crippen molar-refractivity contribution in [3.63, 3.8) is 0 Å². The summed E-state index contributed by atoms with van der Waals surface area (Å²) in [5.41, 5.74) is 2.27. The predicted octanol–water partition coefficient (Wildman–Crippen LogP) is 4.15. The predicted molar refractivity (Wildman–Crippen MR) is 76.5 cm³/mol. The van der Waals surface area contributed by atoms with E-state index >= 15 is 0 Å². The SMILES string of the molecule is OC(c1ccc2[nH]ccc2c1)c1cc(F)ccc1Br. The molecule has 0 saturated heterocycles. The Kier molecular flexibility index (Phi) is 3.12. The number of hydrogen-bond acceptors (Lipinski definition) is 1. The van der Waals surface area contributed by atoms with Gasteiger partial charge in [0.25, 0.3) is 0 Å². The van der Waals surface area contributed by atoms with Crippen LogP contribution in [0.2, 0.25) is 0 Å². The number of rotatable bonds is 2. The number of benzene rings is 2. The van der Waals surface area contributed by atoms with Crippen molar-refractivity contribution in [3.8, 4) is 0 Å². The molecule has 0 aliphatic rings. The van der Waals surface area contributed by atoms with Crippen molar-refractivity contribution in [2.45, 2.75) is 6.10 Å². The van der Waals surface area contributed by atoms with Crippen LogP contribution < -0.4 is 0 Å². The van der Waals surface area contributed by atoms with Gasteiger partial charge in [-0.2, -0.15) is 0 Å². The molecule has 3 rings (SSSR count). The lowest BCUT2D eigenvalue weighted by Crippen LogP contribution is -2.01. The highest BCUT2D eigenvalue weighted by Crippen LogP contribution is 2.30. The van der Waals surface area contributed by atoms with Crippen LogP contribution in [0.4, 0.5) is 4.39 Å². The lowest BCUT2D eigenvalue weighted by Gasteiger charge is -2.13. The van der Waals surface area contributed by atoms with Crippen LogP contribution in [-0.2, 0) is 0 Å². The van der Waals surface area contributed by atoms with Crippen LogP contribution in [-0.4, -0.2) is 10.1 Å². The van der Waals surface area contributed by atoms with Crippen molar-refractivity contribution >= 4 is 26.8 Å². The Morgan fingerprint density at radius 3 is 2.79 bits per heavy atom. The van der Waals surface area contributed by atoms with Gasteiger partial charge in [-0.3, -0.25) is 0 Å². The Morgan fingerprint density at radius 2 is 1.95 bits per heavy atom. The minimum absolute atomic E-state index is 0.361. The van der Waals surface area contributed by atoms with E-state index in [0.29, 0.717) is 10.0 Å². The van der Waals surface area contributed by atoms with Crippen LogP contribution in [0, 0.1) is 5.82 Å². The molecule has 19 heavy (non-hydrogen) atoms. The fourth-order valence-corrected chi connectivity index (χ4v) is 2.61. The Morgan fingerprint density at radius 1 is 1.11 bits per heavy atom. The molecule has 4 heteroatoms. The van der Waals surface area contributed by atoms with Gasteiger partial charge in [-0.15, -0.1) is 0 Å². The largest absolute Gasteiger partial charge is 0.384 e. The Hall–Kier alpha value is -1.65. The fourth-order valence-electron chi connectivity index (χ4n) is 2.15. The summed E-state index contributed by atoms with van der Waals surface area (Å²) in [5.74, 6) is -0.361. The average molecular weight is 320 g/mol. The molecule has 0 fully saturated rings. The van der Waals surface area contributed by atoms with Crippen LogP contribution in [0.15, 0.2) is 53.1 Å². The molecule has 0 aliphatic carbocycles. The number of fused-ring (bicyclic) bond motifs is 1. The van der Waals surface area contributed by atoms with Gasteiger partial charge in [0, 0.05) is 21.7 Å². The first-order valence-corrected chi connectivity index (χ1v) is 6.64. The van der Waals surface area contributed by atoms with E-state index in [1.807, 2.05) is 30.5 Å². The van der Waals surface area contributed by atoms with Crippen LogP contribution in [0.25, 0.3) is 10.9 Å². The van der Waals surface area contributed by atoms with E-state index in [9.17, 15) is 9.50 Å². The maximum atomic E-state index is 13.3. The Labute approximate surface area is 118 Å². The third-order valence-corrected chi connectivity index (χ3v) is 3.87. The second-order valence-electron chi connectivity index (χ2n) is 4.39. The number of aromatic nitrogens is 1. The minimum Gasteiger partial charge on any atom is -0.384 e. The average Bonchev–Trinajstić information content (AvgIpc) is 2.88. The standard InChI is InChI=1S/C15H11BrFNO/c16-13-3-2-11(17)8-12(13)15(19)10-1-4-14-9(7-10)5-6-18-14/h1-8,15,18-19H. The zero-order valence-corrected chi connectivity index (χ0v) is 11.5. The molecule has 0 amide bonds. The third-order valence-electron chi connectivity index (χ3n) is 3.15. The zero-order valence-electron chi connectivity index (χ0n) is 9.90. The van der Waals surface area contributed by atoms with Crippen molar-refractivity contribution in [1.29, 1.82) is 0 Å². The van der Waals surface area contributed by atoms with Gasteiger partial charge in [0.15, 0.2) is 0 Å². The van der Waals surface area contributed by atoms with Gasteiger partial charge >= 0.3 is 0 Å². The lowest BCUT2D eigenvalue weighted by molar-refractivity contribution is 0.219. The van der Waals surface area contributed by atoms with Crippen LogP contribution in [0.5, 0.6) is 0 Å². The molecular weight excluding hydrogens is 309 g/mol. The van der Waals surface area contributed by atoms with E-state index in [0.717, 1.165) is 16.5 Å². The summed E-state index contributed by atoms with van der Waals surface area (Å²) < 4.78 is 14.0. The maximum absolute atomic E-state index is 13.3. The lowest BCUT2D eigenvalue weighted by atomic mass is 10.0. The number of nitrogens with one attached hydrogen (secondary N) is 1. The highest BCUT2D eigenvalue weighted by Gasteiger charge is 2.15. The summed E-state index contributed by atoms with van der Waals surface area (Å²) in [5, 5.41) is 11.4. The number of hydrogen-bond donors (Lipinski definition) is 2.